The maximum absolute atomic E-state index is 5.40. The van der Waals surface area contributed by atoms with Gasteiger partial charge in [0.1, 0.15) is 0 Å². The smallest absolute Gasteiger partial charge is 0.166 e. The standard InChI is InChI=1S/C13H24N2S2/c1-2-17-12-8-7-11(9-12)15-13(16)14-10-5-3-4-6-10/h10-12H,2-9H2,1H3,(H2,14,15,16). The van der Waals surface area contributed by atoms with E-state index in [1.807, 2.05) is 0 Å². The van der Waals surface area contributed by atoms with Crippen LogP contribution in [0.1, 0.15) is 51.9 Å². The Labute approximate surface area is 115 Å². The Balaban J connectivity index is 1.65. The third-order valence-corrected chi connectivity index (χ3v) is 5.28. The summed E-state index contributed by atoms with van der Waals surface area (Å²) in [5, 5.41) is 8.71. The first-order valence-electron chi connectivity index (χ1n) is 6.96. The van der Waals surface area contributed by atoms with Crippen molar-refractivity contribution in [2.24, 2.45) is 0 Å². The fourth-order valence-electron chi connectivity index (χ4n) is 2.94. The Morgan fingerprint density at radius 1 is 1.12 bits per heavy atom. The number of thioether (sulfide) groups is 1. The van der Waals surface area contributed by atoms with Crippen LogP contribution in [0.25, 0.3) is 0 Å². The molecule has 0 bridgehead atoms. The van der Waals surface area contributed by atoms with E-state index in [0.717, 1.165) is 10.4 Å². The maximum Gasteiger partial charge on any atom is 0.166 e. The average Bonchev–Trinajstić information content (AvgIpc) is 2.91. The molecular weight excluding hydrogens is 248 g/mol. The first-order valence-corrected chi connectivity index (χ1v) is 8.42. The molecule has 0 aliphatic heterocycles. The highest BCUT2D eigenvalue weighted by molar-refractivity contribution is 7.99. The van der Waals surface area contributed by atoms with Crippen LogP contribution >= 0.6 is 24.0 Å². The van der Waals surface area contributed by atoms with E-state index < -0.39 is 0 Å². The van der Waals surface area contributed by atoms with Crippen LogP contribution in [0.4, 0.5) is 0 Å². The molecule has 2 rings (SSSR count). The van der Waals surface area contributed by atoms with Gasteiger partial charge in [0.25, 0.3) is 0 Å². The van der Waals surface area contributed by atoms with E-state index in [4.69, 9.17) is 12.2 Å². The second kappa shape index (κ2) is 6.83. The van der Waals surface area contributed by atoms with Crippen LogP contribution in [0.5, 0.6) is 0 Å². The number of thiocarbonyl (C=S) groups is 1. The van der Waals surface area contributed by atoms with Crippen molar-refractivity contribution < 1.29 is 0 Å². The fourth-order valence-corrected chi connectivity index (χ4v) is 4.42. The third-order valence-electron chi connectivity index (χ3n) is 3.81. The molecule has 2 fully saturated rings. The van der Waals surface area contributed by atoms with Crippen LogP contribution in [0.15, 0.2) is 0 Å². The summed E-state index contributed by atoms with van der Waals surface area (Å²) < 4.78 is 0. The van der Waals surface area contributed by atoms with Crippen LogP contribution in [0, 0.1) is 0 Å². The highest BCUT2D eigenvalue weighted by Gasteiger charge is 2.25. The summed E-state index contributed by atoms with van der Waals surface area (Å²) in [7, 11) is 0. The van der Waals surface area contributed by atoms with E-state index in [2.05, 4.69) is 29.3 Å². The normalized spacial score (nSPS) is 29.5. The molecule has 0 saturated heterocycles. The highest BCUT2D eigenvalue weighted by Crippen LogP contribution is 2.29. The lowest BCUT2D eigenvalue weighted by Gasteiger charge is -2.19. The molecule has 2 aliphatic rings. The van der Waals surface area contributed by atoms with E-state index in [0.29, 0.717) is 12.1 Å². The predicted octanol–water partition coefficient (Wildman–Crippen LogP) is 3.07. The fraction of sp³-hybridized carbons (Fsp3) is 0.923. The molecule has 4 heteroatoms. The zero-order valence-electron chi connectivity index (χ0n) is 10.7. The molecule has 0 heterocycles. The molecule has 0 radical (unpaired) electrons. The van der Waals surface area contributed by atoms with Gasteiger partial charge in [-0.05, 0) is 50.1 Å². The van der Waals surface area contributed by atoms with E-state index in [1.54, 1.807) is 0 Å². The van der Waals surface area contributed by atoms with E-state index in [9.17, 15) is 0 Å². The van der Waals surface area contributed by atoms with Gasteiger partial charge in [0.05, 0.1) is 0 Å². The summed E-state index contributed by atoms with van der Waals surface area (Å²) in [5.74, 6) is 1.24. The van der Waals surface area contributed by atoms with Crippen LogP contribution in [-0.4, -0.2) is 28.2 Å². The van der Waals surface area contributed by atoms with Crippen molar-refractivity contribution in [2.75, 3.05) is 5.75 Å². The molecule has 2 nitrogen and oxygen atoms in total. The van der Waals surface area contributed by atoms with E-state index in [1.165, 1.54) is 50.7 Å². The molecule has 0 amide bonds. The van der Waals surface area contributed by atoms with E-state index >= 15 is 0 Å². The summed E-state index contributed by atoms with van der Waals surface area (Å²) in [4.78, 5) is 0. The van der Waals surface area contributed by atoms with Crippen molar-refractivity contribution >= 4 is 29.1 Å². The Hall–Kier alpha value is 0.0400. The Bertz CT molecular complexity index is 252. The molecule has 2 aliphatic carbocycles. The molecule has 2 atom stereocenters. The lowest BCUT2D eigenvalue weighted by Crippen LogP contribution is -2.44. The summed E-state index contributed by atoms with van der Waals surface area (Å²) in [5.41, 5.74) is 0. The van der Waals surface area contributed by atoms with E-state index in [-0.39, 0.29) is 0 Å². The number of rotatable bonds is 4. The van der Waals surface area contributed by atoms with Crippen LogP contribution in [0.2, 0.25) is 0 Å². The number of hydrogen-bond acceptors (Lipinski definition) is 2. The molecule has 2 saturated carbocycles. The quantitative estimate of drug-likeness (QED) is 0.768. The topological polar surface area (TPSA) is 24.1 Å². The molecule has 0 aromatic carbocycles. The predicted molar refractivity (Wildman–Crippen MR) is 80.7 cm³/mol. The van der Waals surface area contributed by atoms with Crippen molar-refractivity contribution in [3.05, 3.63) is 0 Å². The van der Waals surface area contributed by atoms with Gasteiger partial charge in [0.2, 0.25) is 0 Å². The van der Waals surface area contributed by atoms with Crippen LogP contribution < -0.4 is 10.6 Å². The minimum atomic E-state index is 0.612. The van der Waals surface area contributed by atoms with Gasteiger partial charge in [0, 0.05) is 17.3 Å². The largest absolute Gasteiger partial charge is 0.360 e. The number of hydrogen-bond donors (Lipinski definition) is 2. The third kappa shape index (κ3) is 4.32. The second-order valence-corrected chi connectivity index (χ2v) is 7.17. The first-order chi connectivity index (χ1) is 8.28. The summed E-state index contributed by atoms with van der Waals surface area (Å²) in [6.07, 6.45) is 9.22. The minimum absolute atomic E-state index is 0.612. The zero-order valence-corrected chi connectivity index (χ0v) is 12.3. The first kappa shape index (κ1) is 13.5. The molecule has 0 aromatic heterocycles. The Morgan fingerprint density at radius 3 is 2.53 bits per heavy atom. The lowest BCUT2D eigenvalue weighted by molar-refractivity contribution is 0.583. The van der Waals surface area contributed by atoms with Crippen LogP contribution in [0.3, 0.4) is 0 Å². The average molecular weight is 272 g/mol. The lowest BCUT2D eigenvalue weighted by atomic mass is 10.2. The Morgan fingerprint density at radius 2 is 1.82 bits per heavy atom. The van der Waals surface area contributed by atoms with Gasteiger partial charge in [-0.3, -0.25) is 0 Å². The van der Waals surface area contributed by atoms with Crippen molar-refractivity contribution in [1.29, 1.82) is 0 Å². The summed E-state index contributed by atoms with van der Waals surface area (Å²) in [6, 6.07) is 1.25. The zero-order chi connectivity index (χ0) is 12.1. The van der Waals surface area contributed by atoms with Gasteiger partial charge in [-0.25, -0.2) is 0 Å². The highest BCUT2D eigenvalue weighted by atomic mass is 32.2. The minimum Gasteiger partial charge on any atom is -0.360 e. The second-order valence-electron chi connectivity index (χ2n) is 5.19. The van der Waals surface area contributed by atoms with Gasteiger partial charge in [0.15, 0.2) is 5.11 Å². The molecule has 98 valence electrons. The molecule has 17 heavy (non-hydrogen) atoms. The van der Waals surface area contributed by atoms with Crippen LogP contribution in [-0.2, 0) is 0 Å². The van der Waals surface area contributed by atoms with Gasteiger partial charge < -0.3 is 10.6 Å². The monoisotopic (exact) mass is 272 g/mol. The van der Waals surface area contributed by atoms with Gasteiger partial charge >= 0.3 is 0 Å². The van der Waals surface area contributed by atoms with Crippen molar-refractivity contribution in [3.8, 4) is 0 Å². The Kier molecular flexibility index (Phi) is 5.42. The molecule has 0 aromatic rings. The van der Waals surface area contributed by atoms with Gasteiger partial charge in [-0.2, -0.15) is 11.8 Å². The summed E-state index contributed by atoms with van der Waals surface area (Å²) >= 11 is 7.50. The maximum atomic E-state index is 5.40. The SMILES string of the molecule is CCSC1CCC(NC(=S)NC2CCCC2)C1. The molecule has 2 N–H and O–H groups in total. The van der Waals surface area contributed by atoms with Crippen molar-refractivity contribution in [1.82, 2.24) is 10.6 Å². The van der Waals surface area contributed by atoms with Gasteiger partial charge in [-0.1, -0.05) is 19.8 Å². The molecular formula is C13H24N2S2. The van der Waals surface area contributed by atoms with Gasteiger partial charge in [-0.15, -0.1) is 0 Å². The molecule has 0 spiro atoms. The molecule has 2 unspecified atom stereocenters. The van der Waals surface area contributed by atoms with Crippen molar-refractivity contribution in [2.45, 2.75) is 69.2 Å². The summed E-state index contributed by atoms with van der Waals surface area (Å²) in [6.45, 7) is 2.25. The number of nitrogens with one attached hydrogen (secondary N) is 2. The van der Waals surface area contributed by atoms with Crippen molar-refractivity contribution in [3.63, 3.8) is 0 Å².